The Morgan fingerprint density at radius 1 is 0.680 bits per heavy atom. The van der Waals surface area contributed by atoms with E-state index in [0.29, 0.717) is 0 Å². The molecular weight excluding hydrogens is 376 g/mol. The molecule has 2 aromatic rings. The van der Waals surface area contributed by atoms with Crippen molar-refractivity contribution in [1.29, 1.82) is 0 Å². The highest BCUT2D eigenvalue weighted by Crippen LogP contribution is 2.19. The van der Waals surface area contributed by atoms with Gasteiger partial charge in [-0.05, 0) is 24.3 Å². The zero-order valence-electron chi connectivity index (χ0n) is 12.6. The molecule has 0 saturated carbocycles. The Kier molecular flexibility index (Phi) is 8.44. The summed E-state index contributed by atoms with van der Waals surface area (Å²) in [7, 11) is -8.38. The maximum absolute atomic E-state index is 10.7. The minimum absolute atomic E-state index is 0. The van der Waals surface area contributed by atoms with E-state index in [2.05, 4.69) is 10.9 Å². The van der Waals surface area contributed by atoms with Crippen LogP contribution in [0.4, 0.5) is 11.4 Å². The molecule has 0 spiro atoms. The van der Waals surface area contributed by atoms with Gasteiger partial charge in [0.25, 0.3) is 20.2 Å². The number of nitrogens with one attached hydrogen (secondary N) is 2. The number of hydrogen-bond acceptors (Lipinski definition) is 8. The molecule has 13 heteroatoms. The van der Waals surface area contributed by atoms with Gasteiger partial charge in [0.1, 0.15) is 9.79 Å². The summed E-state index contributed by atoms with van der Waals surface area (Å²) in [5, 5.41) is 0. The van der Waals surface area contributed by atoms with Gasteiger partial charge >= 0.3 is 0 Å². The summed E-state index contributed by atoms with van der Waals surface area (Å²) in [5.74, 6) is 10.0. The van der Waals surface area contributed by atoms with Crippen molar-refractivity contribution >= 4 is 31.6 Å². The van der Waals surface area contributed by atoms with Crippen LogP contribution in [0.1, 0.15) is 0 Å². The van der Waals surface area contributed by atoms with E-state index in [4.69, 9.17) is 20.8 Å². The van der Waals surface area contributed by atoms with Crippen molar-refractivity contribution in [2.24, 2.45) is 11.7 Å². The first kappa shape index (κ1) is 22.7. The Morgan fingerprint density at radius 2 is 0.960 bits per heavy atom. The van der Waals surface area contributed by atoms with E-state index in [1.165, 1.54) is 36.4 Å². The molecule has 140 valence electrons. The van der Waals surface area contributed by atoms with Crippen LogP contribution in [0.15, 0.2) is 58.3 Å². The highest BCUT2D eigenvalue weighted by atomic mass is 32.2. The second kappa shape index (κ2) is 9.28. The molecule has 0 heterocycles. The molecule has 0 fully saturated rings. The van der Waals surface area contributed by atoms with Gasteiger partial charge in [0.05, 0.1) is 11.4 Å². The number of hydrogen-bond donors (Lipinski definition) is 6. The van der Waals surface area contributed by atoms with Crippen LogP contribution >= 0.6 is 0 Å². The number of rotatable bonds is 4. The summed E-state index contributed by atoms with van der Waals surface area (Å²) in [5.41, 5.74) is 4.66. The van der Waals surface area contributed by atoms with Crippen molar-refractivity contribution in [1.82, 2.24) is 0 Å². The van der Waals surface area contributed by atoms with E-state index in [-0.39, 0.29) is 26.6 Å². The molecule has 0 radical (unpaired) electrons. The van der Waals surface area contributed by atoms with Gasteiger partial charge in [-0.15, -0.1) is 0 Å². The molecule has 0 aliphatic rings. The average Bonchev–Trinajstić information content (AvgIpc) is 2.53. The Hall–Kier alpha value is -2.26. The zero-order valence-corrected chi connectivity index (χ0v) is 14.3. The zero-order chi connectivity index (χ0) is 18.4. The van der Waals surface area contributed by atoms with Gasteiger partial charge in [-0.1, -0.05) is 24.3 Å². The molecule has 0 amide bonds. The third-order valence-corrected chi connectivity index (χ3v) is 4.46. The standard InChI is InChI=1S/2C6H8N2O3S.H2O/c2*7-8-5-3-1-2-4-6(5)12(9,10)11;/h2*1-4,8H,7H2,(H,9,10,11);1H2. The summed E-state index contributed by atoms with van der Waals surface area (Å²) >= 11 is 0. The Balaban J connectivity index is 0.000000443. The lowest BCUT2D eigenvalue weighted by atomic mass is 10.3. The monoisotopic (exact) mass is 394 g/mol. The summed E-state index contributed by atoms with van der Waals surface area (Å²) < 4.78 is 60.0. The Labute approximate surface area is 144 Å². The van der Waals surface area contributed by atoms with Gasteiger partial charge < -0.3 is 16.3 Å². The Morgan fingerprint density at radius 3 is 1.16 bits per heavy atom. The normalized spacial score (nSPS) is 10.7. The third kappa shape index (κ3) is 6.63. The molecular formula is C12H18N4O7S2. The number of para-hydroxylation sites is 2. The van der Waals surface area contributed by atoms with Crippen LogP contribution < -0.4 is 22.5 Å². The maximum Gasteiger partial charge on any atom is 0.296 e. The van der Waals surface area contributed by atoms with E-state index >= 15 is 0 Å². The van der Waals surface area contributed by atoms with Gasteiger partial charge in [0.2, 0.25) is 0 Å². The lowest BCUT2D eigenvalue weighted by Crippen LogP contribution is -2.11. The molecule has 0 bridgehead atoms. The van der Waals surface area contributed by atoms with Crippen LogP contribution in [0.2, 0.25) is 0 Å². The fourth-order valence-corrected chi connectivity index (χ4v) is 2.93. The van der Waals surface area contributed by atoms with Gasteiger partial charge in [-0.25, -0.2) is 0 Å². The van der Waals surface area contributed by atoms with Crippen LogP contribution in [-0.2, 0) is 20.2 Å². The van der Waals surface area contributed by atoms with E-state index in [1.807, 2.05) is 0 Å². The minimum atomic E-state index is -4.19. The molecule has 0 unspecified atom stereocenters. The molecule has 2 aromatic carbocycles. The van der Waals surface area contributed by atoms with Gasteiger partial charge in [-0.3, -0.25) is 20.8 Å². The molecule has 11 nitrogen and oxygen atoms in total. The predicted octanol–water partition coefficient (Wildman–Crippen LogP) is -0.387. The van der Waals surface area contributed by atoms with Crippen LogP contribution in [0.25, 0.3) is 0 Å². The third-order valence-electron chi connectivity index (χ3n) is 2.64. The number of nitrogens with two attached hydrogens (primary N) is 2. The number of anilines is 2. The maximum atomic E-state index is 10.7. The van der Waals surface area contributed by atoms with Crippen molar-refractivity contribution in [2.75, 3.05) is 10.9 Å². The molecule has 10 N–H and O–H groups in total. The predicted molar refractivity (Wildman–Crippen MR) is 91.7 cm³/mol. The van der Waals surface area contributed by atoms with Crippen LogP contribution in [-0.4, -0.2) is 31.4 Å². The first-order valence-electron chi connectivity index (χ1n) is 6.17. The lowest BCUT2D eigenvalue weighted by molar-refractivity contribution is 0.481. The fourth-order valence-electron chi connectivity index (χ4n) is 1.62. The first-order chi connectivity index (χ1) is 11.1. The molecule has 0 aliphatic heterocycles. The van der Waals surface area contributed by atoms with Crippen LogP contribution in [0.3, 0.4) is 0 Å². The van der Waals surface area contributed by atoms with Crippen molar-refractivity contribution in [3.8, 4) is 0 Å². The van der Waals surface area contributed by atoms with Gasteiger partial charge in [0.15, 0.2) is 0 Å². The number of nitrogen functional groups attached to an aromatic ring is 2. The second-order valence-corrected chi connectivity index (χ2v) is 7.01. The average molecular weight is 394 g/mol. The molecule has 0 aliphatic carbocycles. The van der Waals surface area contributed by atoms with Crippen molar-refractivity contribution in [3.05, 3.63) is 48.5 Å². The van der Waals surface area contributed by atoms with Crippen molar-refractivity contribution < 1.29 is 31.4 Å². The highest BCUT2D eigenvalue weighted by Gasteiger charge is 2.13. The van der Waals surface area contributed by atoms with Crippen LogP contribution in [0, 0.1) is 0 Å². The van der Waals surface area contributed by atoms with E-state index in [1.54, 1.807) is 12.1 Å². The van der Waals surface area contributed by atoms with Crippen LogP contribution in [0.5, 0.6) is 0 Å². The number of hydrazine groups is 2. The molecule has 2 rings (SSSR count). The smallest absolute Gasteiger partial charge is 0.296 e. The summed E-state index contributed by atoms with van der Waals surface area (Å²) in [4.78, 5) is -0.458. The lowest BCUT2D eigenvalue weighted by Gasteiger charge is -2.03. The number of benzene rings is 2. The topological polar surface area (TPSA) is 216 Å². The summed E-state index contributed by atoms with van der Waals surface area (Å²) in [6.07, 6.45) is 0. The molecule has 0 aromatic heterocycles. The van der Waals surface area contributed by atoms with Crippen molar-refractivity contribution in [2.45, 2.75) is 9.79 Å². The van der Waals surface area contributed by atoms with Crippen molar-refractivity contribution in [3.63, 3.8) is 0 Å². The van der Waals surface area contributed by atoms with Gasteiger partial charge in [-0.2, -0.15) is 16.8 Å². The molecule has 0 saturated heterocycles. The summed E-state index contributed by atoms with van der Waals surface area (Å²) in [6, 6.07) is 11.6. The summed E-state index contributed by atoms with van der Waals surface area (Å²) in [6.45, 7) is 0. The fraction of sp³-hybridized carbons (Fsp3) is 0. The van der Waals surface area contributed by atoms with E-state index < -0.39 is 20.2 Å². The molecule has 0 atom stereocenters. The highest BCUT2D eigenvalue weighted by molar-refractivity contribution is 7.86. The van der Waals surface area contributed by atoms with Gasteiger partial charge in [0, 0.05) is 0 Å². The molecule has 25 heavy (non-hydrogen) atoms. The SMILES string of the molecule is NNc1ccccc1S(=O)(=O)O.NNc1ccccc1S(=O)(=O)O.O. The largest absolute Gasteiger partial charge is 0.412 e. The van der Waals surface area contributed by atoms with E-state index in [9.17, 15) is 16.8 Å². The minimum Gasteiger partial charge on any atom is -0.412 e. The second-order valence-electron chi connectivity index (χ2n) is 4.23. The first-order valence-corrected chi connectivity index (χ1v) is 9.05. The van der Waals surface area contributed by atoms with E-state index in [0.717, 1.165) is 0 Å². The quantitative estimate of drug-likeness (QED) is 0.224. The Bertz CT molecular complexity index is 826.